The first-order valence-corrected chi connectivity index (χ1v) is 13.1. The lowest BCUT2D eigenvalue weighted by Crippen LogP contribution is -2.13. The number of aryl methyl sites for hydroxylation is 2. The monoisotopic (exact) mass is 504 g/mol. The van der Waals surface area contributed by atoms with Gasteiger partial charge in [0.2, 0.25) is 0 Å². The van der Waals surface area contributed by atoms with Gasteiger partial charge in [-0.2, -0.15) is 17.6 Å². The van der Waals surface area contributed by atoms with E-state index in [0.29, 0.717) is 9.75 Å². The van der Waals surface area contributed by atoms with Crippen LogP contribution in [0.2, 0.25) is 0 Å². The summed E-state index contributed by atoms with van der Waals surface area (Å²) in [6, 6.07) is 9.77. The molecule has 0 spiro atoms. The van der Waals surface area contributed by atoms with Crippen LogP contribution in [0.1, 0.15) is 32.0 Å². The summed E-state index contributed by atoms with van der Waals surface area (Å²) in [5, 5.41) is 0. The van der Waals surface area contributed by atoms with E-state index in [1.807, 2.05) is 13.0 Å². The molecule has 0 aliphatic heterocycles. The zero-order chi connectivity index (χ0) is 22.2. The van der Waals surface area contributed by atoms with Crippen LogP contribution in [0.4, 0.5) is 17.6 Å². The second-order valence-electron chi connectivity index (χ2n) is 8.24. The zero-order valence-corrected chi connectivity index (χ0v) is 19.9. The maximum atomic E-state index is 15.5. The fourth-order valence-electron chi connectivity index (χ4n) is 4.76. The van der Waals surface area contributed by atoms with E-state index in [0.717, 1.165) is 24.0 Å². The molecular weight excluding hydrogens is 493 g/mol. The number of benzene rings is 1. The Morgan fingerprint density at radius 1 is 0.531 bits per heavy atom. The predicted octanol–water partition coefficient (Wildman–Crippen LogP) is 9.61. The second-order valence-corrected chi connectivity index (χ2v) is 12.9. The van der Waals surface area contributed by atoms with Crippen LogP contribution >= 0.6 is 45.3 Å². The van der Waals surface area contributed by atoms with Crippen molar-refractivity contribution in [3.63, 3.8) is 0 Å². The number of hydrogen-bond donors (Lipinski definition) is 0. The minimum Gasteiger partial charge on any atom is -0.196 e. The number of halogens is 4. The summed E-state index contributed by atoms with van der Waals surface area (Å²) in [6.07, 6.45) is 0. The van der Waals surface area contributed by atoms with Gasteiger partial charge in [-0.15, -0.1) is 45.3 Å². The van der Waals surface area contributed by atoms with Crippen LogP contribution in [0.5, 0.6) is 0 Å². The van der Waals surface area contributed by atoms with Gasteiger partial charge < -0.3 is 0 Å². The van der Waals surface area contributed by atoms with E-state index in [1.165, 1.54) is 45.7 Å². The smallest absolute Gasteiger partial charge is 0.196 e. The molecule has 0 bridgehead atoms. The first-order valence-electron chi connectivity index (χ1n) is 9.85. The molecule has 7 rings (SSSR count). The first kappa shape index (κ1) is 19.5. The van der Waals surface area contributed by atoms with Gasteiger partial charge in [0, 0.05) is 72.0 Å². The number of fused-ring (bicyclic) bond motifs is 7. The van der Waals surface area contributed by atoms with Crippen molar-refractivity contribution in [1.29, 1.82) is 0 Å². The minimum absolute atomic E-state index is 0.0666. The topological polar surface area (TPSA) is 0 Å². The van der Waals surface area contributed by atoms with Gasteiger partial charge in [0.1, 0.15) is 0 Å². The summed E-state index contributed by atoms with van der Waals surface area (Å²) in [7, 11) is 0. The minimum atomic E-state index is -3.20. The average Bonchev–Trinajstić information content (AvgIpc) is 3.50. The van der Waals surface area contributed by atoms with Crippen LogP contribution in [-0.2, 0) is 11.8 Å². The van der Waals surface area contributed by atoms with Crippen LogP contribution in [0.25, 0.3) is 40.0 Å². The summed E-state index contributed by atoms with van der Waals surface area (Å²) >= 11 is 5.77. The van der Waals surface area contributed by atoms with Gasteiger partial charge in [-0.1, -0.05) is 0 Å². The normalized spacial score (nSPS) is 16.9. The highest BCUT2D eigenvalue weighted by Gasteiger charge is 2.51. The third-order valence-corrected chi connectivity index (χ3v) is 10.8. The molecule has 32 heavy (non-hydrogen) atoms. The summed E-state index contributed by atoms with van der Waals surface area (Å²) in [5.74, 6) is -6.37. The molecule has 0 amide bonds. The highest BCUT2D eigenvalue weighted by atomic mass is 32.1. The van der Waals surface area contributed by atoms with Crippen LogP contribution in [0.15, 0.2) is 36.4 Å². The Balaban J connectivity index is 1.42. The van der Waals surface area contributed by atoms with Crippen molar-refractivity contribution < 1.29 is 17.6 Å². The molecule has 160 valence electrons. The molecule has 0 radical (unpaired) electrons. The van der Waals surface area contributed by atoms with Crippen molar-refractivity contribution in [2.75, 3.05) is 0 Å². The molecule has 0 unspecified atom stereocenters. The summed E-state index contributed by atoms with van der Waals surface area (Å²) in [4.78, 5) is 4.47. The average molecular weight is 505 g/mol. The lowest BCUT2D eigenvalue weighted by atomic mass is 9.99. The molecule has 0 atom stereocenters. The SMILES string of the molecule is Cc1cc2c(s1)-c1cc3c(cc1C2(F)F)-c1sc(-c2cc4sc(C)cc4s2)cc1C3(F)F. The molecule has 0 nitrogen and oxygen atoms in total. The van der Waals surface area contributed by atoms with Crippen LogP contribution < -0.4 is 0 Å². The van der Waals surface area contributed by atoms with Crippen molar-refractivity contribution in [3.05, 3.63) is 68.4 Å². The lowest BCUT2D eigenvalue weighted by Gasteiger charge is -2.15. The van der Waals surface area contributed by atoms with Gasteiger partial charge in [-0.05, 0) is 50.2 Å². The summed E-state index contributed by atoms with van der Waals surface area (Å²) < 4.78 is 63.7. The van der Waals surface area contributed by atoms with Crippen molar-refractivity contribution in [2.24, 2.45) is 0 Å². The van der Waals surface area contributed by atoms with Gasteiger partial charge >= 0.3 is 11.8 Å². The molecule has 2 aliphatic rings. The van der Waals surface area contributed by atoms with Gasteiger partial charge in [-0.3, -0.25) is 0 Å². The molecule has 0 N–H and O–H groups in total. The zero-order valence-electron chi connectivity index (χ0n) is 16.6. The standard InChI is InChI=1S/C24H12F4S4/c1-9-3-15-21(30-9)11-5-14-12(6-13(11)23(15,25)26)22-16(24(14,27)28)7-18(32-22)20-8-19-17(31-20)4-10(2)29-19/h3-8H,1-2H3. The number of alkyl halides is 4. The molecule has 1 aromatic carbocycles. The van der Waals surface area contributed by atoms with E-state index >= 15 is 17.6 Å². The molecule has 0 saturated carbocycles. The van der Waals surface area contributed by atoms with Crippen LogP contribution in [0.3, 0.4) is 0 Å². The number of hydrogen-bond acceptors (Lipinski definition) is 4. The van der Waals surface area contributed by atoms with Crippen LogP contribution in [0, 0.1) is 13.8 Å². The first-order chi connectivity index (χ1) is 15.1. The van der Waals surface area contributed by atoms with E-state index < -0.39 is 11.8 Å². The Labute approximate surface area is 196 Å². The third-order valence-electron chi connectivity index (χ3n) is 6.16. The molecule has 0 saturated heterocycles. The summed E-state index contributed by atoms with van der Waals surface area (Å²) in [5.41, 5.74) is 0.00863. The Morgan fingerprint density at radius 2 is 1.06 bits per heavy atom. The van der Waals surface area contributed by atoms with E-state index in [4.69, 9.17) is 0 Å². The molecule has 0 fully saturated rings. The Morgan fingerprint density at radius 3 is 1.72 bits per heavy atom. The molecule has 4 aromatic heterocycles. The lowest BCUT2D eigenvalue weighted by molar-refractivity contribution is 0.0453. The largest absolute Gasteiger partial charge is 0.300 e. The van der Waals surface area contributed by atoms with Crippen molar-refractivity contribution in [3.8, 4) is 30.6 Å². The molecule has 2 aliphatic carbocycles. The Bertz CT molecular complexity index is 1580. The summed E-state index contributed by atoms with van der Waals surface area (Å²) in [6.45, 7) is 3.80. The Kier molecular flexibility index (Phi) is 3.60. The van der Waals surface area contributed by atoms with Crippen molar-refractivity contribution in [2.45, 2.75) is 25.7 Å². The molecule has 8 heteroatoms. The molecular formula is C24H12F4S4. The highest BCUT2D eigenvalue weighted by Crippen LogP contribution is 2.61. The van der Waals surface area contributed by atoms with E-state index in [9.17, 15) is 0 Å². The predicted molar refractivity (Wildman–Crippen MR) is 127 cm³/mol. The molecule has 4 heterocycles. The second kappa shape index (κ2) is 5.91. The Hall–Kier alpha value is -2.00. The van der Waals surface area contributed by atoms with Gasteiger partial charge in [0.25, 0.3) is 0 Å². The number of rotatable bonds is 1. The van der Waals surface area contributed by atoms with E-state index in [-0.39, 0.29) is 33.4 Å². The maximum absolute atomic E-state index is 15.5. The van der Waals surface area contributed by atoms with Gasteiger partial charge in [0.15, 0.2) is 0 Å². The van der Waals surface area contributed by atoms with Gasteiger partial charge in [-0.25, -0.2) is 0 Å². The number of thiophene rings is 4. The van der Waals surface area contributed by atoms with Crippen molar-refractivity contribution >= 4 is 54.7 Å². The van der Waals surface area contributed by atoms with Crippen LogP contribution in [-0.4, -0.2) is 0 Å². The quantitative estimate of drug-likeness (QED) is 0.199. The van der Waals surface area contributed by atoms with Gasteiger partial charge in [0.05, 0.1) is 0 Å². The fourth-order valence-corrected chi connectivity index (χ4v) is 9.44. The van der Waals surface area contributed by atoms with E-state index in [2.05, 4.69) is 6.07 Å². The fraction of sp³-hybridized carbons (Fsp3) is 0.167. The molecule has 5 aromatic rings. The van der Waals surface area contributed by atoms with E-state index in [1.54, 1.807) is 35.7 Å². The third kappa shape index (κ3) is 2.31. The van der Waals surface area contributed by atoms with Crippen molar-refractivity contribution in [1.82, 2.24) is 0 Å². The highest BCUT2D eigenvalue weighted by molar-refractivity contribution is 7.31. The maximum Gasteiger partial charge on any atom is 0.300 e.